The van der Waals surface area contributed by atoms with Gasteiger partial charge >= 0.3 is 0 Å². The molecule has 0 bridgehead atoms. The van der Waals surface area contributed by atoms with Crippen LogP contribution in [-0.2, 0) is 32.6 Å². The highest BCUT2D eigenvalue weighted by molar-refractivity contribution is 7.92. The molecule has 43 heavy (non-hydrogen) atoms. The van der Waals surface area contributed by atoms with Crippen molar-refractivity contribution in [2.75, 3.05) is 17.1 Å². The van der Waals surface area contributed by atoms with Crippen LogP contribution < -0.4 is 9.62 Å². The zero-order chi connectivity index (χ0) is 31.1. The fraction of sp³-hybridized carbons (Fsp3) is 0.355. The minimum atomic E-state index is -4.00. The number of amides is 2. The van der Waals surface area contributed by atoms with Crippen LogP contribution in [-0.4, -0.2) is 50.0 Å². The predicted molar refractivity (Wildman–Crippen MR) is 175 cm³/mol. The van der Waals surface area contributed by atoms with Gasteiger partial charge in [0.25, 0.3) is 0 Å². The zero-order valence-corrected chi connectivity index (χ0v) is 27.5. The summed E-state index contributed by atoms with van der Waals surface area (Å²) in [4.78, 5) is 29.7. The Balaban J connectivity index is 1.76. The highest BCUT2D eigenvalue weighted by atomic mass is 35.5. The molecule has 1 unspecified atom stereocenters. The van der Waals surface area contributed by atoms with Crippen molar-refractivity contribution < 1.29 is 18.0 Å². The molecule has 0 aromatic heterocycles. The minimum absolute atomic E-state index is 0.00613. The molecule has 0 aliphatic heterocycles. The highest BCUT2D eigenvalue weighted by Crippen LogP contribution is 2.31. The van der Waals surface area contributed by atoms with Crippen LogP contribution in [0, 0.1) is 0 Å². The third-order valence-electron chi connectivity index (χ3n) is 7.43. The highest BCUT2D eigenvalue weighted by Gasteiger charge is 2.35. The Morgan fingerprint density at radius 3 is 2.19 bits per heavy atom. The van der Waals surface area contributed by atoms with Crippen molar-refractivity contribution in [3.8, 4) is 0 Å². The molecule has 3 aromatic carbocycles. The number of carbonyl (C=O) groups is 2. The van der Waals surface area contributed by atoms with Gasteiger partial charge in [-0.1, -0.05) is 102 Å². The van der Waals surface area contributed by atoms with Crippen LogP contribution in [0.5, 0.6) is 0 Å². The lowest BCUT2D eigenvalue weighted by molar-refractivity contribution is -0.140. The normalized spacial score (nSPS) is 14.6. The van der Waals surface area contributed by atoms with E-state index >= 15 is 0 Å². The summed E-state index contributed by atoms with van der Waals surface area (Å²) in [5, 5.41) is 4.24. The van der Waals surface area contributed by atoms with E-state index in [9.17, 15) is 18.0 Å². The molecule has 2 amide bonds. The molecule has 1 N–H and O–H groups in total. The maximum Gasteiger partial charge on any atom is 0.244 e. The molecule has 0 heterocycles. The van der Waals surface area contributed by atoms with Gasteiger partial charge in [0.2, 0.25) is 21.8 Å². The van der Waals surface area contributed by atoms with Crippen molar-refractivity contribution in [2.24, 2.45) is 0 Å². The smallest absolute Gasteiger partial charge is 0.244 e. The first-order valence-electron chi connectivity index (χ1n) is 13.9. The standard InChI is InChI=1S/C31H33Cl4N3O4S/c1-43(41,42)38(28-18-24(33)14-15-26(28)34)20-30(39)37(19-22-12-13-23(32)17-27(22)35)29(16-21-8-4-2-5-9-21)31(40)36-25-10-6-3-7-11-25/h2,4-5,8-9,12-15,17-18,25,29H,3,6-7,10-11,16,19-20H2,1H3,(H,36,40). The molecule has 7 nitrogen and oxygen atoms in total. The van der Waals surface area contributed by atoms with E-state index in [1.807, 2.05) is 30.3 Å². The van der Waals surface area contributed by atoms with Crippen LogP contribution in [0.3, 0.4) is 0 Å². The number of anilines is 1. The first kappa shape index (κ1) is 33.4. The van der Waals surface area contributed by atoms with Gasteiger partial charge < -0.3 is 10.2 Å². The van der Waals surface area contributed by atoms with E-state index in [0.29, 0.717) is 15.6 Å². The van der Waals surface area contributed by atoms with Gasteiger partial charge in [-0.2, -0.15) is 0 Å². The van der Waals surface area contributed by atoms with Gasteiger partial charge in [0.15, 0.2) is 0 Å². The van der Waals surface area contributed by atoms with Crippen LogP contribution in [0.4, 0.5) is 5.69 Å². The largest absolute Gasteiger partial charge is 0.352 e. The second kappa shape index (κ2) is 15.0. The Morgan fingerprint density at radius 1 is 0.884 bits per heavy atom. The van der Waals surface area contributed by atoms with E-state index < -0.39 is 28.5 Å². The van der Waals surface area contributed by atoms with E-state index in [1.54, 1.807) is 18.2 Å². The molecule has 1 aliphatic carbocycles. The van der Waals surface area contributed by atoms with Crippen LogP contribution in [0.15, 0.2) is 66.7 Å². The molecule has 4 rings (SSSR count). The molecule has 1 fully saturated rings. The lowest BCUT2D eigenvalue weighted by Gasteiger charge is -2.35. The van der Waals surface area contributed by atoms with Crippen LogP contribution in [0.25, 0.3) is 0 Å². The lowest BCUT2D eigenvalue weighted by Crippen LogP contribution is -2.55. The molecule has 3 aromatic rings. The van der Waals surface area contributed by atoms with E-state index in [-0.39, 0.29) is 40.6 Å². The van der Waals surface area contributed by atoms with Crippen molar-refractivity contribution in [3.63, 3.8) is 0 Å². The summed E-state index contributed by atoms with van der Waals surface area (Å²) in [5.41, 5.74) is 1.44. The van der Waals surface area contributed by atoms with Crippen molar-refractivity contribution in [3.05, 3.63) is 97.9 Å². The van der Waals surface area contributed by atoms with Crippen molar-refractivity contribution in [1.82, 2.24) is 10.2 Å². The second-order valence-corrected chi connectivity index (χ2v) is 14.3. The number of rotatable bonds is 11. The summed E-state index contributed by atoms with van der Waals surface area (Å²) in [6.07, 6.45) is 6.04. The van der Waals surface area contributed by atoms with Gasteiger partial charge in [-0.05, 0) is 54.3 Å². The molecule has 1 atom stereocenters. The van der Waals surface area contributed by atoms with Gasteiger partial charge in [-0.25, -0.2) is 8.42 Å². The fourth-order valence-electron chi connectivity index (χ4n) is 5.20. The van der Waals surface area contributed by atoms with Crippen LogP contribution in [0.2, 0.25) is 20.1 Å². The summed E-state index contributed by atoms with van der Waals surface area (Å²) in [6, 6.07) is 17.6. The SMILES string of the molecule is CS(=O)(=O)N(CC(=O)N(Cc1ccc(Cl)cc1Cl)C(Cc1ccccc1)C(=O)NC1CCCCC1)c1cc(Cl)ccc1Cl. The van der Waals surface area contributed by atoms with Crippen LogP contribution >= 0.6 is 46.4 Å². The number of hydrogen-bond acceptors (Lipinski definition) is 4. The monoisotopic (exact) mass is 683 g/mol. The average Bonchev–Trinajstić information content (AvgIpc) is 2.96. The molecule has 0 radical (unpaired) electrons. The molecule has 1 aliphatic rings. The first-order valence-corrected chi connectivity index (χ1v) is 17.3. The van der Waals surface area contributed by atoms with Crippen molar-refractivity contribution in [2.45, 2.75) is 57.2 Å². The third kappa shape index (κ3) is 9.25. The number of nitrogens with zero attached hydrogens (tertiary/aromatic N) is 2. The van der Waals surface area contributed by atoms with E-state index in [0.717, 1.165) is 48.2 Å². The van der Waals surface area contributed by atoms with Crippen LogP contribution in [0.1, 0.15) is 43.2 Å². The van der Waals surface area contributed by atoms with Gasteiger partial charge in [-0.3, -0.25) is 13.9 Å². The lowest BCUT2D eigenvalue weighted by atomic mass is 9.94. The van der Waals surface area contributed by atoms with Gasteiger partial charge in [0, 0.05) is 34.1 Å². The summed E-state index contributed by atoms with van der Waals surface area (Å²) in [5.74, 6) is -0.937. The molecule has 0 saturated heterocycles. The topological polar surface area (TPSA) is 86.8 Å². The molecular weight excluding hydrogens is 652 g/mol. The average molecular weight is 686 g/mol. The number of nitrogens with one attached hydrogen (secondary N) is 1. The van der Waals surface area contributed by atoms with Crippen molar-refractivity contribution in [1.29, 1.82) is 0 Å². The minimum Gasteiger partial charge on any atom is -0.352 e. The predicted octanol–water partition coefficient (Wildman–Crippen LogP) is 7.16. The molecule has 12 heteroatoms. The number of sulfonamides is 1. The van der Waals surface area contributed by atoms with Gasteiger partial charge in [-0.15, -0.1) is 0 Å². The maximum atomic E-state index is 14.3. The quantitative estimate of drug-likeness (QED) is 0.232. The summed E-state index contributed by atoms with van der Waals surface area (Å²) in [6.45, 7) is -0.683. The Labute approximate surface area is 273 Å². The van der Waals surface area contributed by atoms with Gasteiger partial charge in [0.05, 0.1) is 17.0 Å². The Bertz CT molecular complexity index is 1550. The second-order valence-electron chi connectivity index (χ2n) is 10.7. The van der Waals surface area contributed by atoms with E-state index in [4.69, 9.17) is 46.4 Å². The Kier molecular flexibility index (Phi) is 11.6. The molecule has 230 valence electrons. The van der Waals surface area contributed by atoms with Gasteiger partial charge in [0.1, 0.15) is 12.6 Å². The van der Waals surface area contributed by atoms with Crippen molar-refractivity contribution >= 4 is 73.9 Å². The number of carbonyl (C=O) groups excluding carboxylic acids is 2. The maximum absolute atomic E-state index is 14.3. The summed E-state index contributed by atoms with van der Waals surface area (Å²) in [7, 11) is -4.00. The first-order chi connectivity index (χ1) is 20.4. The Morgan fingerprint density at radius 2 is 1.53 bits per heavy atom. The molecular formula is C31H33Cl4N3O4S. The molecule has 0 spiro atoms. The number of hydrogen-bond donors (Lipinski definition) is 1. The number of halogens is 4. The number of benzene rings is 3. The van der Waals surface area contributed by atoms with E-state index in [1.165, 1.54) is 23.1 Å². The Hall–Kier alpha value is -2.49. The summed E-state index contributed by atoms with van der Waals surface area (Å²) >= 11 is 25.2. The summed E-state index contributed by atoms with van der Waals surface area (Å²) < 4.78 is 26.9. The van der Waals surface area contributed by atoms with E-state index in [2.05, 4.69) is 5.32 Å². The third-order valence-corrected chi connectivity index (χ3v) is 9.70. The fourth-order valence-corrected chi connectivity index (χ4v) is 6.96. The molecule has 1 saturated carbocycles. The zero-order valence-electron chi connectivity index (χ0n) is 23.6.